The average molecular weight is 343 g/mol. The Balaban J connectivity index is 1.69. The Morgan fingerprint density at radius 3 is 2.50 bits per heavy atom. The van der Waals surface area contributed by atoms with Crippen molar-refractivity contribution in [3.05, 3.63) is 57.8 Å². The second-order valence-corrected chi connectivity index (χ2v) is 7.12. The van der Waals surface area contributed by atoms with E-state index in [1.54, 1.807) is 30.3 Å². The van der Waals surface area contributed by atoms with E-state index in [-0.39, 0.29) is 24.2 Å². The summed E-state index contributed by atoms with van der Waals surface area (Å²) in [4.78, 5) is 25.7. The van der Waals surface area contributed by atoms with E-state index in [4.69, 9.17) is 0 Å². The molecule has 2 aromatic rings. The van der Waals surface area contributed by atoms with Gasteiger partial charge in [0, 0.05) is 12.1 Å². The van der Waals surface area contributed by atoms with Gasteiger partial charge in [-0.25, -0.2) is 0 Å². The van der Waals surface area contributed by atoms with Crippen molar-refractivity contribution in [3.8, 4) is 0 Å². The fourth-order valence-electron chi connectivity index (χ4n) is 3.22. The van der Waals surface area contributed by atoms with Crippen molar-refractivity contribution in [1.29, 1.82) is 0 Å². The quantitative estimate of drug-likeness (QED) is 0.791. The summed E-state index contributed by atoms with van der Waals surface area (Å²) in [5.41, 5.74) is 0.752. The van der Waals surface area contributed by atoms with Crippen LogP contribution in [0.4, 0.5) is 0 Å². The number of aliphatic hydroxyl groups excluding tert-OH is 1. The van der Waals surface area contributed by atoms with Crippen LogP contribution in [0.2, 0.25) is 0 Å². The maximum Gasteiger partial charge on any atom is 0.252 e. The first kappa shape index (κ1) is 16.9. The number of ketones is 1. The van der Waals surface area contributed by atoms with Gasteiger partial charge in [0.05, 0.1) is 16.5 Å². The lowest BCUT2D eigenvalue weighted by Gasteiger charge is -2.18. The Morgan fingerprint density at radius 1 is 1.12 bits per heavy atom. The predicted octanol–water partition coefficient (Wildman–Crippen LogP) is 3.26. The number of carbonyl (C=O) groups excluding carboxylic acids is 2. The number of nitrogens with one attached hydrogen (secondary N) is 1. The van der Waals surface area contributed by atoms with Gasteiger partial charge in [0.25, 0.3) is 5.91 Å². The molecule has 1 saturated carbocycles. The molecule has 1 atom stereocenters. The summed E-state index contributed by atoms with van der Waals surface area (Å²) in [6.07, 6.45) is 3.81. The summed E-state index contributed by atoms with van der Waals surface area (Å²) < 4.78 is 0. The zero-order valence-corrected chi connectivity index (χ0v) is 14.2. The van der Waals surface area contributed by atoms with Gasteiger partial charge in [-0.15, -0.1) is 11.3 Å². The van der Waals surface area contributed by atoms with E-state index in [2.05, 4.69) is 5.32 Å². The SMILES string of the molecule is O=C(NCC(O)C1CCCC1)c1ccccc1C(=O)c1cccs1. The zero-order valence-electron chi connectivity index (χ0n) is 13.4. The highest BCUT2D eigenvalue weighted by Gasteiger charge is 2.24. The molecule has 126 valence electrons. The summed E-state index contributed by atoms with van der Waals surface area (Å²) in [6.45, 7) is 0.227. The first-order valence-corrected chi connectivity index (χ1v) is 9.18. The van der Waals surface area contributed by atoms with Gasteiger partial charge in [-0.2, -0.15) is 0 Å². The van der Waals surface area contributed by atoms with Gasteiger partial charge in [0.15, 0.2) is 0 Å². The largest absolute Gasteiger partial charge is 0.391 e. The van der Waals surface area contributed by atoms with Gasteiger partial charge < -0.3 is 10.4 Å². The molecule has 0 aliphatic heterocycles. The van der Waals surface area contributed by atoms with Crippen molar-refractivity contribution in [2.24, 2.45) is 5.92 Å². The Kier molecular flexibility index (Phi) is 5.43. The van der Waals surface area contributed by atoms with Crippen molar-refractivity contribution < 1.29 is 14.7 Å². The number of aliphatic hydroxyl groups is 1. The normalized spacial score (nSPS) is 16.0. The molecule has 5 heteroatoms. The Hall–Kier alpha value is -1.98. The summed E-state index contributed by atoms with van der Waals surface area (Å²) in [6, 6.07) is 10.4. The highest BCUT2D eigenvalue weighted by Crippen LogP contribution is 2.27. The Bertz CT molecular complexity index is 705. The van der Waals surface area contributed by atoms with E-state index in [0.717, 1.165) is 25.7 Å². The highest BCUT2D eigenvalue weighted by atomic mass is 32.1. The first-order valence-electron chi connectivity index (χ1n) is 8.30. The molecule has 1 aromatic carbocycles. The van der Waals surface area contributed by atoms with Crippen LogP contribution in [-0.2, 0) is 0 Å². The predicted molar refractivity (Wildman–Crippen MR) is 94.5 cm³/mol. The minimum absolute atomic E-state index is 0.146. The smallest absolute Gasteiger partial charge is 0.252 e. The van der Waals surface area contributed by atoms with Gasteiger partial charge in [-0.05, 0) is 36.3 Å². The molecule has 1 amide bonds. The van der Waals surface area contributed by atoms with Crippen molar-refractivity contribution in [2.45, 2.75) is 31.8 Å². The van der Waals surface area contributed by atoms with Crippen molar-refractivity contribution in [2.75, 3.05) is 6.54 Å². The van der Waals surface area contributed by atoms with Gasteiger partial charge in [0.2, 0.25) is 5.78 Å². The molecule has 0 spiro atoms. The number of amides is 1. The maximum absolute atomic E-state index is 12.6. The second-order valence-electron chi connectivity index (χ2n) is 6.17. The van der Waals surface area contributed by atoms with Crippen LogP contribution in [0.15, 0.2) is 41.8 Å². The van der Waals surface area contributed by atoms with Crippen LogP contribution in [0.25, 0.3) is 0 Å². The molecular formula is C19H21NO3S. The minimum Gasteiger partial charge on any atom is -0.391 e. The Morgan fingerprint density at radius 2 is 1.83 bits per heavy atom. The summed E-state index contributed by atoms with van der Waals surface area (Å²) >= 11 is 1.36. The van der Waals surface area contributed by atoms with Crippen LogP contribution >= 0.6 is 11.3 Å². The van der Waals surface area contributed by atoms with Crippen molar-refractivity contribution in [3.63, 3.8) is 0 Å². The van der Waals surface area contributed by atoms with E-state index in [1.807, 2.05) is 11.4 Å². The molecule has 0 bridgehead atoms. The number of thiophene rings is 1. The van der Waals surface area contributed by atoms with Crippen LogP contribution < -0.4 is 5.32 Å². The van der Waals surface area contributed by atoms with E-state index < -0.39 is 6.10 Å². The molecule has 0 radical (unpaired) electrons. The lowest BCUT2D eigenvalue weighted by atomic mass is 10.00. The monoisotopic (exact) mass is 343 g/mol. The van der Waals surface area contributed by atoms with E-state index in [1.165, 1.54) is 11.3 Å². The molecule has 1 fully saturated rings. The van der Waals surface area contributed by atoms with Crippen LogP contribution in [0, 0.1) is 5.92 Å². The second kappa shape index (κ2) is 7.73. The zero-order chi connectivity index (χ0) is 16.9. The van der Waals surface area contributed by atoms with Gasteiger partial charge >= 0.3 is 0 Å². The standard InChI is InChI=1S/C19H21NO3S/c21-16(13-6-1-2-7-13)12-20-19(23)15-9-4-3-8-14(15)18(22)17-10-5-11-24-17/h3-5,8-11,13,16,21H,1-2,6-7,12H2,(H,20,23). The third kappa shape index (κ3) is 3.74. The molecular weight excluding hydrogens is 322 g/mol. The Labute approximate surface area is 145 Å². The topological polar surface area (TPSA) is 66.4 Å². The molecule has 1 aromatic heterocycles. The molecule has 4 nitrogen and oxygen atoms in total. The molecule has 1 heterocycles. The summed E-state index contributed by atoms with van der Waals surface area (Å²) in [5, 5.41) is 14.8. The number of carbonyl (C=O) groups is 2. The minimum atomic E-state index is -0.517. The highest BCUT2D eigenvalue weighted by molar-refractivity contribution is 7.12. The van der Waals surface area contributed by atoms with Crippen LogP contribution in [-0.4, -0.2) is 29.4 Å². The molecule has 2 N–H and O–H groups in total. The molecule has 24 heavy (non-hydrogen) atoms. The molecule has 3 rings (SSSR count). The van der Waals surface area contributed by atoms with E-state index in [9.17, 15) is 14.7 Å². The van der Waals surface area contributed by atoms with Gasteiger partial charge in [-0.3, -0.25) is 9.59 Å². The summed E-state index contributed by atoms with van der Waals surface area (Å²) in [5.74, 6) is -0.187. The van der Waals surface area contributed by atoms with E-state index >= 15 is 0 Å². The number of rotatable bonds is 6. The lowest BCUT2D eigenvalue weighted by Crippen LogP contribution is -2.36. The fourth-order valence-corrected chi connectivity index (χ4v) is 3.90. The molecule has 1 aliphatic carbocycles. The summed E-state index contributed by atoms with van der Waals surface area (Å²) in [7, 11) is 0. The van der Waals surface area contributed by atoms with Crippen LogP contribution in [0.5, 0.6) is 0 Å². The van der Waals surface area contributed by atoms with Crippen molar-refractivity contribution in [1.82, 2.24) is 5.32 Å². The van der Waals surface area contributed by atoms with Crippen LogP contribution in [0.1, 0.15) is 51.3 Å². The number of hydrogen-bond donors (Lipinski definition) is 2. The third-order valence-corrected chi connectivity index (χ3v) is 5.45. The van der Waals surface area contributed by atoms with Gasteiger partial charge in [0.1, 0.15) is 0 Å². The van der Waals surface area contributed by atoms with Crippen molar-refractivity contribution >= 4 is 23.0 Å². The van der Waals surface area contributed by atoms with Crippen LogP contribution in [0.3, 0.4) is 0 Å². The average Bonchev–Trinajstić information content (AvgIpc) is 3.32. The number of hydrogen-bond acceptors (Lipinski definition) is 4. The van der Waals surface area contributed by atoms with E-state index in [0.29, 0.717) is 16.0 Å². The maximum atomic E-state index is 12.6. The molecule has 1 unspecified atom stereocenters. The molecule has 1 aliphatic rings. The first-order chi connectivity index (χ1) is 11.7. The lowest BCUT2D eigenvalue weighted by molar-refractivity contribution is 0.0837. The third-order valence-electron chi connectivity index (χ3n) is 4.58. The number of benzene rings is 1. The molecule has 0 saturated heterocycles. The van der Waals surface area contributed by atoms with Gasteiger partial charge in [-0.1, -0.05) is 37.1 Å². The fraction of sp³-hybridized carbons (Fsp3) is 0.368.